The van der Waals surface area contributed by atoms with E-state index in [9.17, 15) is 8.42 Å². The number of nitrogens with zero attached hydrogens (tertiary/aromatic N) is 2. The van der Waals surface area contributed by atoms with Gasteiger partial charge in [0.2, 0.25) is 10.0 Å². The van der Waals surface area contributed by atoms with Crippen molar-refractivity contribution in [1.29, 1.82) is 0 Å². The van der Waals surface area contributed by atoms with Crippen LogP contribution < -0.4 is 10.5 Å². The van der Waals surface area contributed by atoms with Crippen LogP contribution in [0.25, 0.3) is 0 Å². The maximum Gasteiger partial charge on any atom is 0.246 e. The van der Waals surface area contributed by atoms with Crippen molar-refractivity contribution in [3.63, 3.8) is 0 Å². The largest absolute Gasteiger partial charge is 0.381 e. The number of hydrogen-bond acceptors (Lipinski definition) is 4. The zero-order valence-electron chi connectivity index (χ0n) is 11.3. The van der Waals surface area contributed by atoms with E-state index >= 15 is 0 Å². The fourth-order valence-corrected chi connectivity index (χ4v) is 2.88. The Kier molecular flexibility index (Phi) is 4.75. The monoisotopic (exact) mass is 274 g/mol. The van der Waals surface area contributed by atoms with Crippen molar-refractivity contribution in [2.45, 2.75) is 51.6 Å². The molecule has 104 valence electrons. The highest BCUT2D eigenvalue weighted by Gasteiger charge is 2.24. The molecule has 18 heavy (non-hydrogen) atoms. The van der Waals surface area contributed by atoms with Crippen molar-refractivity contribution in [2.24, 2.45) is 5.92 Å². The molecule has 0 aliphatic rings. The first-order valence-electron chi connectivity index (χ1n) is 6.13. The summed E-state index contributed by atoms with van der Waals surface area (Å²) in [5, 5.41) is 3.99. The highest BCUT2D eigenvalue weighted by Crippen LogP contribution is 2.17. The molecule has 1 rings (SSSR count). The van der Waals surface area contributed by atoms with E-state index in [0.29, 0.717) is 6.54 Å². The summed E-state index contributed by atoms with van der Waals surface area (Å²) in [6, 6.07) is -0.149. The Bertz CT molecular complexity index is 493. The summed E-state index contributed by atoms with van der Waals surface area (Å²) in [6.07, 6.45) is 2.35. The summed E-state index contributed by atoms with van der Waals surface area (Å²) in [5.41, 5.74) is 5.66. The van der Waals surface area contributed by atoms with Crippen LogP contribution in [0, 0.1) is 5.92 Å². The minimum absolute atomic E-state index is 0.0481. The Labute approximate surface area is 109 Å². The molecule has 7 heteroatoms. The van der Waals surface area contributed by atoms with Crippen LogP contribution in [0.3, 0.4) is 0 Å². The number of rotatable bonds is 6. The predicted octanol–water partition coefficient (Wildman–Crippen LogP) is 1.20. The zero-order valence-corrected chi connectivity index (χ0v) is 12.2. The van der Waals surface area contributed by atoms with Gasteiger partial charge in [0.25, 0.3) is 0 Å². The van der Waals surface area contributed by atoms with Gasteiger partial charge in [0.1, 0.15) is 4.90 Å². The number of hydrogen-bond donors (Lipinski definition) is 2. The molecule has 1 unspecified atom stereocenters. The van der Waals surface area contributed by atoms with E-state index in [1.165, 1.54) is 6.20 Å². The average Bonchev–Trinajstić information content (AvgIpc) is 2.60. The summed E-state index contributed by atoms with van der Waals surface area (Å²) in [6.45, 7) is 8.38. The maximum absolute atomic E-state index is 12.1. The molecule has 0 radical (unpaired) electrons. The minimum Gasteiger partial charge on any atom is -0.381 e. The lowest BCUT2D eigenvalue weighted by atomic mass is 10.1. The van der Waals surface area contributed by atoms with Gasteiger partial charge in [-0.05, 0) is 19.3 Å². The van der Waals surface area contributed by atoms with Crippen molar-refractivity contribution in [3.05, 3.63) is 6.20 Å². The standard InChI is InChI=1S/C11H22N4O2S/c1-5-6-15-7-10(11(12)13-15)18(16,17)14-9(4)8(2)3/h7-9,14H,5-6H2,1-4H3,(H2,12,13). The van der Waals surface area contributed by atoms with E-state index < -0.39 is 10.0 Å². The highest BCUT2D eigenvalue weighted by molar-refractivity contribution is 7.89. The maximum atomic E-state index is 12.1. The molecule has 1 aromatic heterocycles. The normalized spacial score (nSPS) is 14.1. The van der Waals surface area contributed by atoms with Gasteiger partial charge >= 0.3 is 0 Å². The second-order valence-corrected chi connectivity index (χ2v) is 6.48. The number of nitrogen functional groups attached to an aromatic ring is 1. The third-order valence-electron chi connectivity index (χ3n) is 2.84. The summed E-state index contributed by atoms with van der Waals surface area (Å²) in [7, 11) is -3.59. The van der Waals surface area contributed by atoms with E-state index in [2.05, 4.69) is 9.82 Å². The molecule has 6 nitrogen and oxygen atoms in total. The summed E-state index contributed by atoms with van der Waals surface area (Å²) >= 11 is 0. The van der Waals surface area contributed by atoms with Gasteiger partial charge in [0.15, 0.2) is 5.82 Å². The molecule has 0 spiro atoms. The molecular formula is C11H22N4O2S. The summed E-state index contributed by atoms with van der Waals surface area (Å²) in [5.74, 6) is 0.263. The van der Waals surface area contributed by atoms with Gasteiger partial charge in [0, 0.05) is 18.8 Å². The van der Waals surface area contributed by atoms with Crippen molar-refractivity contribution >= 4 is 15.8 Å². The van der Waals surface area contributed by atoms with Gasteiger partial charge in [-0.2, -0.15) is 5.10 Å². The molecular weight excluding hydrogens is 252 g/mol. The molecule has 0 fully saturated rings. The molecule has 0 aliphatic carbocycles. The topological polar surface area (TPSA) is 90.0 Å². The molecule has 0 aliphatic heterocycles. The molecule has 0 amide bonds. The Hall–Kier alpha value is -1.08. The number of aromatic nitrogens is 2. The number of nitrogens with two attached hydrogens (primary N) is 1. The lowest BCUT2D eigenvalue weighted by molar-refractivity contribution is 0.476. The SMILES string of the molecule is CCCn1cc(S(=O)(=O)NC(C)C(C)C)c(N)n1. The average molecular weight is 274 g/mol. The van der Waals surface area contributed by atoms with Crippen LogP contribution in [0.15, 0.2) is 11.1 Å². The molecule has 0 aromatic carbocycles. The smallest absolute Gasteiger partial charge is 0.246 e. The highest BCUT2D eigenvalue weighted by atomic mass is 32.2. The molecule has 3 N–H and O–H groups in total. The van der Waals surface area contributed by atoms with Crippen molar-refractivity contribution in [2.75, 3.05) is 5.73 Å². The van der Waals surface area contributed by atoms with Crippen molar-refractivity contribution < 1.29 is 8.42 Å². The lowest BCUT2D eigenvalue weighted by Crippen LogP contribution is -2.36. The quantitative estimate of drug-likeness (QED) is 0.815. The number of anilines is 1. The van der Waals surface area contributed by atoms with Crippen LogP contribution in [-0.4, -0.2) is 24.2 Å². The lowest BCUT2D eigenvalue weighted by Gasteiger charge is -2.16. The Balaban J connectivity index is 2.98. The molecule has 1 atom stereocenters. The van der Waals surface area contributed by atoms with Crippen LogP contribution in [-0.2, 0) is 16.6 Å². The van der Waals surface area contributed by atoms with Crippen LogP contribution in [0.4, 0.5) is 5.82 Å². The van der Waals surface area contributed by atoms with Gasteiger partial charge in [-0.1, -0.05) is 20.8 Å². The molecule has 0 bridgehead atoms. The van der Waals surface area contributed by atoms with Crippen LogP contribution >= 0.6 is 0 Å². The molecule has 1 heterocycles. The minimum atomic E-state index is -3.59. The van der Waals surface area contributed by atoms with Crippen molar-refractivity contribution in [1.82, 2.24) is 14.5 Å². The Morgan fingerprint density at radius 1 is 1.44 bits per heavy atom. The van der Waals surface area contributed by atoms with Crippen molar-refractivity contribution in [3.8, 4) is 0 Å². The van der Waals surface area contributed by atoms with Gasteiger partial charge in [0.05, 0.1) is 0 Å². The first-order chi connectivity index (χ1) is 8.27. The molecule has 0 saturated carbocycles. The molecule has 0 saturated heterocycles. The van der Waals surface area contributed by atoms with E-state index in [-0.39, 0.29) is 22.7 Å². The number of aryl methyl sites for hydroxylation is 1. The summed E-state index contributed by atoms with van der Waals surface area (Å²) < 4.78 is 28.4. The molecule has 1 aromatic rings. The van der Waals surface area contributed by atoms with Gasteiger partial charge in [-0.15, -0.1) is 0 Å². The Morgan fingerprint density at radius 2 is 2.06 bits per heavy atom. The van der Waals surface area contributed by atoms with Crippen LogP contribution in [0.5, 0.6) is 0 Å². The number of nitrogens with one attached hydrogen (secondary N) is 1. The van der Waals surface area contributed by atoms with E-state index in [4.69, 9.17) is 5.73 Å². The fraction of sp³-hybridized carbons (Fsp3) is 0.727. The number of sulfonamides is 1. The summed E-state index contributed by atoms with van der Waals surface area (Å²) in [4.78, 5) is 0.0588. The van der Waals surface area contributed by atoms with E-state index in [1.807, 2.05) is 27.7 Å². The predicted molar refractivity (Wildman–Crippen MR) is 71.6 cm³/mol. The van der Waals surface area contributed by atoms with Crippen LogP contribution in [0.1, 0.15) is 34.1 Å². The van der Waals surface area contributed by atoms with E-state index in [1.54, 1.807) is 4.68 Å². The third-order valence-corrected chi connectivity index (χ3v) is 4.41. The van der Waals surface area contributed by atoms with Crippen LogP contribution in [0.2, 0.25) is 0 Å². The van der Waals surface area contributed by atoms with Gasteiger partial charge in [-0.3, -0.25) is 4.68 Å². The first kappa shape index (κ1) is 15.0. The second kappa shape index (κ2) is 5.71. The van der Waals surface area contributed by atoms with E-state index in [0.717, 1.165) is 6.42 Å². The van der Waals surface area contributed by atoms with Gasteiger partial charge in [-0.25, -0.2) is 13.1 Å². The second-order valence-electron chi connectivity index (χ2n) is 4.80. The fourth-order valence-electron chi connectivity index (χ4n) is 1.41. The van der Waals surface area contributed by atoms with Gasteiger partial charge < -0.3 is 5.73 Å². The Morgan fingerprint density at radius 3 is 2.56 bits per heavy atom. The third kappa shape index (κ3) is 3.46. The zero-order chi connectivity index (χ0) is 13.9. The first-order valence-corrected chi connectivity index (χ1v) is 7.61.